The zero-order chi connectivity index (χ0) is 13.8. The number of hydrogen-bond donors (Lipinski definition) is 0. The zero-order valence-electron chi connectivity index (χ0n) is 11.8. The summed E-state index contributed by atoms with van der Waals surface area (Å²) >= 11 is 0. The Labute approximate surface area is 121 Å². The van der Waals surface area contributed by atoms with Gasteiger partial charge in [0, 0.05) is 18.9 Å². The monoisotopic (exact) mass is 284 g/mol. The second kappa shape index (κ2) is 7.16. The van der Waals surface area contributed by atoms with Gasteiger partial charge in [0.1, 0.15) is 18.3 Å². The first-order valence-corrected chi connectivity index (χ1v) is 5.77. The van der Waals surface area contributed by atoms with E-state index in [0.717, 1.165) is 17.8 Å². The minimum atomic E-state index is -0.579. The number of nitrogens with zero attached hydrogens (tertiary/aromatic N) is 2. The number of halogens is 1. The minimum Gasteiger partial charge on any atom is -0.566 e. The Bertz CT molecular complexity index is 471. The van der Waals surface area contributed by atoms with Gasteiger partial charge < -0.3 is 9.84 Å². The normalized spacial score (nSPS) is 11.7. The number of rotatable bonds is 4. The topological polar surface area (TPSA) is 44.6 Å². The molecule has 0 heterocycles. The van der Waals surface area contributed by atoms with E-state index in [-0.39, 0.29) is 12.4 Å². The smallest absolute Gasteiger partial charge is 0.149 e. The number of likely N-dealkylation sites (N-methyl/N-ethyl adjacent to an activating group) is 1. The molecule has 19 heavy (non-hydrogen) atoms. The molecule has 1 aromatic rings. The highest BCUT2D eigenvalue weighted by Gasteiger charge is 2.17. The van der Waals surface area contributed by atoms with Crippen LogP contribution in [0.2, 0.25) is 0 Å². The molecule has 0 saturated carbocycles. The average molecular weight is 285 g/mol. The third-order valence-electron chi connectivity index (χ3n) is 2.84. The van der Waals surface area contributed by atoms with Gasteiger partial charge in [0.2, 0.25) is 0 Å². The van der Waals surface area contributed by atoms with Gasteiger partial charge in [-0.3, -0.25) is 9.48 Å². The van der Waals surface area contributed by atoms with E-state index in [1.54, 1.807) is 0 Å². The number of benzene rings is 1. The van der Waals surface area contributed by atoms with Gasteiger partial charge in [0.05, 0.1) is 14.1 Å². The maximum absolute atomic E-state index is 11.2. The van der Waals surface area contributed by atoms with Crippen molar-refractivity contribution in [2.24, 2.45) is 4.99 Å². The second-order valence-corrected chi connectivity index (χ2v) is 4.70. The van der Waals surface area contributed by atoms with Gasteiger partial charge in [-0.25, -0.2) is 0 Å². The molecule has 106 valence electrons. The van der Waals surface area contributed by atoms with Crippen LogP contribution in [0, 0.1) is 6.92 Å². The Hall–Kier alpha value is -1.52. The third-order valence-corrected chi connectivity index (χ3v) is 2.84. The molecule has 5 heteroatoms. The van der Waals surface area contributed by atoms with Crippen molar-refractivity contribution < 1.29 is 9.84 Å². The third kappa shape index (κ3) is 4.58. The molecule has 0 bridgehead atoms. The van der Waals surface area contributed by atoms with Crippen molar-refractivity contribution in [1.82, 2.24) is 4.48 Å². The molecule has 0 radical (unpaired) electrons. The van der Waals surface area contributed by atoms with Crippen LogP contribution < -0.4 is 14.3 Å². The van der Waals surface area contributed by atoms with Crippen LogP contribution >= 0.6 is 12.4 Å². The quantitative estimate of drug-likeness (QED) is 0.367. The van der Waals surface area contributed by atoms with Gasteiger partial charge in [-0.2, -0.15) is 0 Å². The summed E-state index contributed by atoms with van der Waals surface area (Å²) in [5, 5.41) is 11.2. The average Bonchev–Trinajstić information content (AvgIpc) is 2.31. The minimum absolute atomic E-state index is 0. The largest absolute Gasteiger partial charge is 0.566 e. The fourth-order valence-corrected chi connectivity index (χ4v) is 1.64. The van der Waals surface area contributed by atoms with Crippen LogP contribution in [0.5, 0.6) is 5.75 Å². The maximum Gasteiger partial charge on any atom is 0.149 e. The van der Waals surface area contributed by atoms with E-state index in [4.69, 9.17) is 4.74 Å². The Kier molecular flexibility index (Phi) is 6.59. The molecule has 0 aliphatic carbocycles. The first-order chi connectivity index (χ1) is 8.40. The van der Waals surface area contributed by atoms with Crippen molar-refractivity contribution in [3.63, 3.8) is 0 Å². The fourth-order valence-electron chi connectivity index (χ4n) is 1.64. The number of ether oxygens (including phenoxy) is 1. The summed E-state index contributed by atoms with van der Waals surface area (Å²) in [6, 6.07) is 5.85. The van der Waals surface area contributed by atoms with Crippen LogP contribution in [0.4, 0.5) is 5.69 Å². The summed E-state index contributed by atoms with van der Waals surface area (Å²) in [5.41, 5.74) is 1.97. The lowest BCUT2D eigenvalue weighted by atomic mass is 10.1. The molecular weight excluding hydrogens is 264 g/mol. The van der Waals surface area contributed by atoms with E-state index >= 15 is 0 Å². The molecular formula is C14H21ClN2O2. The first-order valence-electron chi connectivity index (χ1n) is 5.77. The van der Waals surface area contributed by atoms with Gasteiger partial charge in [0.25, 0.3) is 0 Å². The molecule has 0 aromatic heterocycles. The molecule has 0 fully saturated rings. The van der Waals surface area contributed by atoms with E-state index in [1.807, 2.05) is 31.2 Å². The molecule has 4 nitrogen and oxygen atoms in total. The van der Waals surface area contributed by atoms with Crippen molar-refractivity contribution in [3.05, 3.63) is 36.4 Å². The van der Waals surface area contributed by atoms with E-state index in [1.165, 1.54) is 7.05 Å². The van der Waals surface area contributed by atoms with Crippen molar-refractivity contribution >= 4 is 24.2 Å². The maximum atomic E-state index is 11.2. The summed E-state index contributed by atoms with van der Waals surface area (Å²) in [6.45, 7) is 6.46. The molecule has 0 N–H and O–H groups in total. The number of aryl methyl sites for hydroxylation is 1. The molecule has 0 saturated heterocycles. The Morgan fingerprint density at radius 1 is 1.47 bits per heavy atom. The Balaban J connectivity index is 0.00000324. The predicted octanol–water partition coefficient (Wildman–Crippen LogP) is 1.89. The summed E-state index contributed by atoms with van der Waals surface area (Å²) in [6.07, 6.45) is 1.29. The second-order valence-electron chi connectivity index (χ2n) is 4.70. The van der Waals surface area contributed by atoms with E-state index in [0.29, 0.717) is 10.2 Å². The van der Waals surface area contributed by atoms with Crippen LogP contribution in [-0.2, 0) is 0 Å². The van der Waals surface area contributed by atoms with Gasteiger partial charge >= 0.3 is 0 Å². The summed E-state index contributed by atoms with van der Waals surface area (Å²) < 4.78 is 5.82. The molecule has 0 unspecified atom stereocenters. The first kappa shape index (κ1) is 17.5. The van der Waals surface area contributed by atoms with Crippen LogP contribution in [0.1, 0.15) is 5.56 Å². The van der Waals surface area contributed by atoms with Crippen molar-refractivity contribution in [3.8, 4) is 5.75 Å². The zero-order valence-corrected chi connectivity index (χ0v) is 12.7. The number of hydrogen-bond acceptors (Lipinski definition) is 3. The summed E-state index contributed by atoms with van der Waals surface area (Å²) in [5.74, 6) is 0.554. The van der Waals surface area contributed by atoms with Crippen LogP contribution in [0.3, 0.4) is 0 Å². The van der Waals surface area contributed by atoms with Gasteiger partial charge in [-0.1, -0.05) is 12.6 Å². The summed E-state index contributed by atoms with van der Waals surface area (Å²) in [4.78, 5) is 3.47. The fraction of sp³-hybridized carbons (Fsp3) is 0.357. The Morgan fingerprint density at radius 3 is 2.63 bits per heavy atom. The van der Waals surface area contributed by atoms with E-state index in [2.05, 4.69) is 25.7 Å². The highest BCUT2D eigenvalue weighted by atomic mass is 35.5. The number of quaternary nitrogens is 1. The SMILES string of the molecule is C=CC[N+](C)(C)c1ccc(C)c(OC([O-])=NC)c1.Cl. The standard InChI is InChI=1S/C14H20N2O2.ClH/c1-6-9-16(4,5)12-8-7-11(2)13(10-12)18-14(17)15-3;/h6-8,10H,1,9H2,2-5H3;1H. The van der Waals surface area contributed by atoms with E-state index in [9.17, 15) is 5.11 Å². The highest BCUT2D eigenvalue weighted by Crippen LogP contribution is 2.27. The van der Waals surface area contributed by atoms with Crippen molar-refractivity contribution in [2.45, 2.75) is 6.92 Å². The lowest BCUT2D eigenvalue weighted by Gasteiger charge is -2.29. The molecule has 1 aromatic carbocycles. The van der Waals surface area contributed by atoms with E-state index < -0.39 is 6.08 Å². The van der Waals surface area contributed by atoms with Crippen LogP contribution in [0.25, 0.3) is 0 Å². The molecule has 0 aliphatic heterocycles. The molecule has 0 atom stereocenters. The summed E-state index contributed by atoms with van der Waals surface area (Å²) in [7, 11) is 5.56. The Morgan fingerprint density at radius 2 is 2.11 bits per heavy atom. The van der Waals surface area contributed by atoms with Gasteiger partial charge in [-0.05, 0) is 24.6 Å². The van der Waals surface area contributed by atoms with Crippen molar-refractivity contribution in [2.75, 3.05) is 27.7 Å². The predicted molar refractivity (Wildman–Crippen MR) is 81.1 cm³/mol. The van der Waals surface area contributed by atoms with Gasteiger partial charge in [-0.15, -0.1) is 12.4 Å². The molecule has 1 rings (SSSR count). The highest BCUT2D eigenvalue weighted by molar-refractivity contribution is 5.85. The van der Waals surface area contributed by atoms with Crippen LogP contribution in [0.15, 0.2) is 35.8 Å². The van der Waals surface area contributed by atoms with Gasteiger partial charge in [0.15, 0.2) is 0 Å². The lowest BCUT2D eigenvalue weighted by Crippen LogP contribution is -2.40. The molecule has 0 aliphatic rings. The van der Waals surface area contributed by atoms with Crippen molar-refractivity contribution in [1.29, 1.82) is 0 Å². The molecule has 0 amide bonds. The lowest BCUT2D eigenvalue weighted by molar-refractivity contribution is -0.240. The number of aliphatic imine (C=N–C) groups is 1. The molecule has 0 spiro atoms. The van der Waals surface area contributed by atoms with Crippen LogP contribution in [-0.4, -0.2) is 33.8 Å².